The molecule has 206 valence electrons. The number of rotatable bonds is 8. The first kappa shape index (κ1) is 27.1. The SMILES string of the molecule is COC(=O)Cc1c(N(C)C)nc(Cc2ccc(NC(=O)c3ccc4ccccc4c3)cc2)nc1N1CCOCC1. The average Bonchev–Trinajstić information content (AvgIpc) is 2.98. The fourth-order valence-electron chi connectivity index (χ4n) is 4.79. The van der Waals surface area contributed by atoms with E-state index in [1.807, 2.05) is 85.7 Å². The molecule has 0 bridgehead atoms. The van der Waals surface area contributed by atoms with Gasteiger partial charge in [-0.3, -0.25) is 9.59 Å². The molecule has 1 N–H and O–H groups in total. The van der Waals surface area contributed by atoms with E-state index in [0.29, 0.717) is 55.6 Å². The molecule has 1 aliphatic heterocycles. The molecule has 1 aliphatic rings. The van der Waals surface area contributed by atoms with E-state index in [0.717, 1.165) is 27.7 Å². The lowest BCUT2D eigenvalue weighted by Crippen LogP contribution is -2.38. The van der Waals surface area contributed by atoms with Crippen LogP contribution in [-0.4, -0.2) is 69.4 Å². The highest BCUT2D eigenvalue weighted by molar-refractivity contribution is 6.06. The number of amides is 1. The van der Waals surface area contributed by atoms with Crippen molar-refractivity contribution in [2.24, 2.45) is 0 Å². The minimum Gasteiger partial charge on any atom is -0.469 e. The molecule has 0 atom stereocenters. The summed E-state index contributed by atoms with van der Waals surface area (Å²) in [7, 11) is 5.20. The zero-order valence-electron chi connectivity index (χ0n) is 23.0. The van der Waals surface area contributed by atoms with E-state index < -0.39 is 0 Å². The summed E-state index contributed by atoms with van der Waals surface area (Å²) >= 11 is 0. The maximum Gasteiger partial charge on any atom is 0.310 e. The van der Waals surface area contributed by atoms with Crippen molar-refractivity contribution in [3.05, 3.63) is 89.2 Å². The smallest absolute Gasteiger partial charge is 0.310 e. The van der Waals surface area contributed by atoms with Gasteiger partial charge in [0.15, 0.2) is 0 Å². The number of anilines is 3. The lowest BCUT2D eigenvalue weighted by atomic mass is 10.1. The first-order valence-corrected chi connectivity index (χ1v) is 13.3. The van der Waals surface area contributed by atoms with Crippen molar-refractivity contribution in [3.8, 4) is 0 Å². The van der Waals surface area contributed by atoms with E-state index in [1.54, 1.807) is 0 Å². The van der Waals surface area contributed by atoms with Crippen LogP contribution >= 0.6 is 0 Å². The molecule has 2 heterocycles. The average molecular weight is 540 g/mol. The third-order valence-electron chi connectivity index (χ3n) is 6.88. The number of methoxy groups -OCH3 is 1. The summed E-state index contributed by atoms with van der Waals surface area (Å²) in [6, 6.07) is 21.4. The zero-order valence-corrected chi connectivity index (χ0v) is 23.0. The van der Waals surface area contributed by atoms with Crippen LogP contribution in [0.1, 0.15) is 27.3 Å². The molecular weight excluding hydrogens is 506 g/mol. The highest BCUT2D eigenvalue weighted by Gasteiger charge is 2.24. The summed E-state index contributed by atoms with van der Waals surface area (Å²) in [4.78, 5) is 38.9. The van der Waals surface area contributed by atoms with E-state index in [-0.39, 0.29) is 18.3 Å². The Morgan fingerprint density at radius 1 is 0.975 bits per heavy atom. The molecule has 40 heavy (non-hydrogen) atoms. The summed E-state index contributed by atoms with van der Waals surface area (Å²) in [5, 5.41) is 5.10. The predicted molar refractivity (Wildman–Crippen MR) is 156 cm³/mol. The molecule has 1 aromatic heterocycles. The van der Waals surface area contributed by atoms with E-state index in [4.69, 9.17) is 19.4 Å². The minimum absolute atomic E-state index is 0.0859. The van der Waals surface area contributed by atoms with Gasteiger partial charge in [0.05, 0.1) is 26.7 Å². The highest BCUT2D eigenvalue weighted by atomic mass is 16.5. The minimum atomic E-state index is -0.338. The van der Waals surface area contributed by atoms with E-state index >= 15 is 0 Å². The van der Waals surface area contributed by atoms with Crippen LogP contribution in [-0.2, 0) is 27.1 Å². The summed E-state index contributed by atoms with van der Waals surface area (Å²) in [5.41, 5.74) is 3.06. The molecule has 0 unspecified atom stereocenters. The molecule has 1 fully saturated rings. The van der Waals surface area contributed by atoms with Gasteiger partial charge in [0.2, 0.25) is 0 Å². The first-order chi connectivity index (χ1) is 19.4. The van der Waals surface area contributed by atoms with Crippen molar-refractivity contribution < 1.29 is 19.1 Å². The number of morpholine rings is 1. The number of nitrogens with one attached hydrogen (secondary N) is 1. The van der Waals surface area contributed by atoms with Crippen LogP contribution in [0.25, 0.3) is 10.8 Å². The van der Waals surface area contributed by atoms with E-state index in [2.05, 4.69) is 10.2 Å². The number of nitrogens with zero attached hydrogens (tertiary/aromatic N) is 4. The molecule has 0 radical (unpaired) electrons. The number of benzene rings is 3. The number of hydrogen-bond donors (Lipinski definition) is 1. The summed E-state index contributed by atoms with van der Waals surface area (Å²) < 4.78 is 10.5. The number of carbonyl (C=O) groups excluding carboxylic acids is 2. The van der Waals surface area contributed by atoms with Crippen LogP contribution in [0.2, 0.25) is 0 Å². The predicted octanol–water partition coefficient (Wildman–Crippen LogP) is 4.09. The topological polar surface area (TPSA) is 96.9 Å². The van der Waals surface area contributed by atoms with Gasteiger partial charge in [0.1, 0.15) is 17.5 Å². The molecular formula is C31H33N5O4. The Bertz CT molecular complexity index is 1510. The lowest BCUT2D eigenvalue weighted by Gasteiger charge is -2.31. The Morgan fingerprint density at radius 3 is 2.40 bits per heavy atom. The summed E-state index contributed by atoms with van der Waals surface area (Å²) in [5.74, 6) is 1.58. The van der Waals surface area contributed by atoms with Crippen molar-refractivity contribution in [1.82, 2.24) is 9.97 Å². The van der Waals surface area contributed by atoms with Crippen molar-refractivity contribution in [1.29, 1.82) is 0 Å². The Balaban J connectivity index is 1.36. The van der Waals surface area contributed by atoms with Crippen LogP contribution in [0.15, 0.2) is 66.7 Å². The second-order valence-electron chi connectivity index (χ2n) is 9.90. The number of aromatic nitrogens is 2. The quantitative estimate of drug-likeness (QED) is 0.335. The number of hydrogen-bond acceptors (Lipinski definition) is 8. The van der Waals surface area contributed by atoms with Gasteiger partial charge in [0.25, 0.3) is 5.91 Å². The van der Waals surface area contributed by atoms with Crippen LogP contribution in [0.3, 0.4) is 0 Å². The third-order valence-corrected chi connectivity index (χ3v) is 6.88. The van der Waals surface area contributed by atoms with Crippen LogP contribution in [0.5, 0.6) is 0 Å². The molecule has 0 aliphatic carbocycles. The first-order valence-electron chi connectivity index (χ1n) is 13.3. The van der Waals surface area contributed by atoms with E-state index in [9.17, 15) is 9.59 Å². The number of fused-ring (bicyclic) bond motifs is 1. The molecule has 1 amide bonds. The molecule has 4 aromatic rings. The fourth-order valence-corrected chi connectivity index (χ4v) is 4.79. The monoisotopic (exact) mass is 539 g/mol. The molecule has 3 aromatic carbocycles. The van der Waals surface area contributed by atoms with Gasteiger partial charge in [0, 0.05) is 50.4 Å². The molecule has 0 saturated carbocycles. The number of esters is 1. The summed E-state index contributed by atoms with van der Waals surface area (Å²) in [6.07, 6.45) is 0.582. The van der Waals surface area contributed by atoms with Gasteiger partial charge < -0.3 is 24.6 Å². The summed E-state index contributed by atoms with van der Waals surface area (Å²) in [6.45, 7) is 2.56. The molecule has 9 heteroatoms. The Morgan fingerprint density at radius 2 is 1.70 bits per heavy atom. The Hall–Kier alpha value is -4.50. The third kappa shape index (κ3) is 6.21. The van der Waals surface area contributed by atoms with Crippen molar-refractivity contribution in [3.63, 3.8) is 0 Å². The van der Waals surface area contributed by atoms with Gasteiger partial charge in [-0.15, -0.1) is 0 Å². The normalized spacial score (nSPS) is 13.2. The van der Waals surface area contributed by atoms with Gasteiger partial charge in [-0.25, -0.2) is 9.97 Å². The van der Waals surface area contributed by atoms with Crippen LogP contribution < -0.4 is 15.1 Å². The van der Waals surface area contributed by atoms with Crippen molar-refractivity contribution in [2.75, 3.05) is 62.6 Å². The van der Waals surface area contributed by atoms with Gasteiger partial charge >= 0.3 is 5.97 Å². The van der Waals surface area contributed by atoms with Crippen molar-refractivity contribution in [2.45, 2.75) is 12.8 Å². The zero-order chi connectivity index (χ0) is 28.1. The Kier molecular flexibility index (Phi) is 8.21. The fraction of sp³-hybridized carbons (Fsp3) is 0.290. The number of carbonyl (C=O) groups is 2. The Labute approximate surface area is 233 Å². The van der Waals surface area contributed by atoms with Crippen LogP contribution in [0, 0.1) is 0 Å². The molecule has 5 rings (SSSR count). The van der Waals surface area contributed by atoms with Crippen LogP contribution in [0.4, 0.5) is 17.3 Å². The van der Waals surface area contributed by atoms with E-state index in [1.165, 1.54) is 7.11 Å². The van der Waals surface area contributed by atoms with Gasteiger partial charge in [-0.2, -0.15) is 0 Å². The largest absolute Gasteiger partial charge is 0.469 e. The van der Waals surface area contributed by atoms with Gasteiger partial charge in [-0.1, -0.05) is 42.5 Å². The number of ether oxygens (including phenoxy) is 2. The second-order valence-corrected chi connectivity index (χ2v) is 9.90. The van der Waals surface area contributed by atoms with Gasteiger partial charge in [-0.05, 0) is 40.6 Å². The second kappa shape index (κ2) is 12.1. The van der Waals surface area contributed by atoms with Crippen molar-refractivity contribution >= 4 is 40.0 Å². The maximum absolute atomic E-state index is 12.9. The highest BCUT2D eigenvalue weighted by Crippen LogP contribution is 2.29. The standard InChI is InChI=1S/C31H33N5O4/c1-35(2)29-26(20-28(37)39-3)30(36-14-16-40-17-15-36)34-27(33-29)18-21-8-12-25(13-9-21)32-31(38)24-11-10-22-6-4-5-7-23(22)19-24/h4-13,19H,14-18,20H2,1-3H3,(H,32,38). The molecule has 9 nitrogen and oxygen atoms in total. The molecule has 1 saturated heterocycles. The maximum atomic E-state index is 12.9. The lowest BCUT2D eigenvalue weighted by molar-refractivity contribution is -0.139. The molecule has 0 spiro atoms.